The van der Waals surface area contributed by atoms with E-state index >= 15 is 0 Å². The zero-order valence-corrected chi connectivity index (χ0v) is 14.3. The lowest BCUT2D eigenvalue weighted by Crippen LogP contribution is -2.23. The van der Waals surface area contributed by atoms with Crippen molar-refractivity contribution in [2.75, 3.05) is 5.32 Å². The number of benzene rings is 2. The number of nitrogens with one attached hydrogen (secondary N) is 2. The van der Waals surface area contributed by atoms with Crippen LogP contribution in [0.1, 0.15) is 37.9 Å². The summed E-state index contributed by atoms with van der Waals surface area (Å²) >= 11 is 0. The van der Waals surface area contributed by atoms with Gasteiger partial charge in [0.05, 0.1) is 5.56 Å². The number of H-pyrrole nitrogens is 1. The molecule has 2 aromatic carbocycles. The van der Waals surface area contributed by atoms with Crippen molar-refractivity contribution in [3.05, 3.63) is 99.5 Å². The van der Waals surface area contributed by atoms with Gasteiger partial charge in [-0.1, -0.05) is 30.3 Å². The number of cyclic esters (lactones) is 1. The number of hydrogen-bond donors (Lipinski definition) is 2. The molecule has 3 aromatic rings. The van der Waals surface area contributed by atoms with E-state index in [1.54, 1.807) is 18.2 Å². The number of esters is 1. The minimum absolute atomic E-state index is 0.168. The lowest BCUT2D eigenvalue weighted by atomic mass is 9.93. The van der Waals surface area contributed by atoms with Crippen LogP contribution in [0.2, 0.25) is 0 Å². The second kappa shape index (κ2) is 6.92. The van der Waals surface area contributed by atoms with Crippen LogP contribution in [0.3, 0.4) is 0 Å². The van der Waals surface area contributed by atoms with E-state index in [0.29, 0.717) is 17.5 Å². The molecule has 0 radical (unpaired) electrons. The number of pyridine rings is 1. The standard InChI is InChI=1S/C21H16N2O4/c24-18-8-9-22-12-17(18)23-20(25)14-6-7-16-15(10-14)11-19(27-21(16)26)13-4-2-1-3-5-13/h1-10,12,19H,11H2,(H,22,24)(H,23,25)/t19-/m1/s1. The minimum Gasteiger partial charge on any atom is -0.454 e. The Labute approximate surface area is 154 Å². The Bertz CT molecular complexity index is 1070. The third kappa shape index (κ3) is 3.37. The van der Waals surface area contributed by atoms with Gasteiger partial charge in [-0.05, 0) is 29.3 Å². The van der Waals surface area contributed by atoms with Crippen molar-refractivity contribution in [2.24, 2.45) is 0 Å². The molecular formula is C21H16N2O4. The summed E-state index contributed by atoms with van der Waals surface area (Å²) in [5.41, 5.74) is 2.36. The van der Waals surface area contributed by atoms with E-state index in [1.165, 1.54) is 18.5 Å². The van der Waals surface area contributed by atoms with Crippen molar-refractivity contribution in [1.82, 2.24) is 4.98 Å². The van der Waals surface area contributed by atoms with E-state index in [1.807, 2.05) is 30.3 Å². The molecule has 0 spiro atoms. The lowest BCUT2D eigenvalue weighted by molar-refractivity contribution is 0.0252. The molecule has 1 aliphatic rings. The van der Waals surface area contributed by atoms with Gasteiger partial charge in [-0.2, -0.15) is 0 Å². The SMILES string of the molecule is O=C(Nc1c[nH]ccc1=O)c1ccc2c(c1)C[C@H](c1ccccc1)OC2=O. The summed E-state index contributed by atoms with van der Waals surface area (Å²) in [6.45, 7) is 0. The van der Waals surface area contributed by atoms with Crippen molar-refractivity contribution in [2.45, 2.75) is 12.5 Å². The molecule has 0 unspecified atom stereocenters. The van der Waals surface area contributed by atoms with Crippen molar-refractivity contribution in [3.8, 4) is 0 Å². The summed E-state index contributed by atoms with van der Waals surface area (Å²) in [7, 11) is 0. The van der Waals surface area contributed by atoms with Gasteiger partial charge in [-0.15, -0.1) is 0 Å². The van der Waals surface area contributed by atoms with Gasteiger partial charge in [0.25, 0.3) is 5.91 Å². The second-order valence-electron chi connectivity index (χ2n) is 6.26. The summed E-state index contributed by atoms with van der Waals surface area (Å²) in [5, 5.41) is 2.59. The molecule has 0 saturated carbocycles. The molecule has 2 N–H and O–H groups in total. The molecule has 0 bridgehead atoms. The van der Waals surface area contributed by atoms with E-state index in [-0.39, 0.29) is 17.2 Å². The zero-order chi connectivity index (χ0) is 18.8. The summed E-state index contributed by atoms with van der Waals surface area (Å²) in [6.07, 6.45) is 3.02. The normalized spacial score (nSPS) is 15.6. The van der Waals surface area contributed by atoms with E-state index in [2.05, 4.69) is 10.3 Å². The number of fused-ring (bicyclic) bond motifs is 1. The van der Waals surface area contributed by atoms with Gasteiger partial charge < -0.3 is 15.0 Å². The number of ether oxygens (including phenoxy) is 1. The van der Waals surface area contributed by atoms with Crippen LogP contribution in [0.15, 0.2) is 71.8 Å². The van der Waals surface area contributed by atoms with Crippen LogP contribution < -0.4 is 10.7 Å². The van der Waals surface area contributed by atoms with Crippen LogP contribution in [-0.4, -0.2) is 16.9 Å². The van der Waals surface area contributed by atoms with Crippen LogP contribution in [0.5, 0.6) is 0 Å². The van der Waals surface area contributed by atoms with Gasteiger partial charge in [0, 0.05) is 30.4 Å². The van der Waals surface area contributed by atoms with E-state index in [9.17, 15) is 14.4 Å². The van der Waals surface area contributed by atoms with Crippen LogP contribution >= 0.6 is 0 Å². The minimum atomic E-state index is -0.412. The number of aromatic nitrogens is 1. The first-order chi connectivity index (χ1) is 13.1. The molecule has 0 saturated heterocycles. The molecule has 0 fully saturated rings. The van der Waals surface area contributed by atoms with Crippen LogP contribution in [0, 0.1) is 0 Å². The van der Waals surface area contributed by atoms with Gasteiger partial charge in [0.15, 0.2) is 0 Å². The molecule has 134 valence electrons. The highest BCUT2D eigenvalue weighted by Gasteiger charge is 2.28. The third-order valence-corrected chi connectivity index (χ3v) is 4.49. The number of carbonyl (C=O) groups excluding carboxylic acids is 2. The van der Waals surface area contributed by atoms with E-state index < -0.39 is 11.9 Å². The number of aromatic amines is 1. The van der Waals surface area contributed by atoms with Gasteiger partial charge in [0.1, 0.15) is 11.8 Å². The lowest BCUT2D eigenvalue weighted by Gasteiger charge is -2.25. The maximum Gasteiger partial charge on any atom is 0.339 e. The first kappa shape index (κ1) is 16.8. The third-order valence-electron chi connectivity index (χ3n) is 4.49. The predicted octanol–water partition coefficient (Wildman–Crippen LogP) is 3.08. The molecule has 1 amide bonds. The first-order valence-electron chi connectivity index (χ1n) is 8.49. The largest absolute Gasteiger partial charge is 0.454 e. The summed E-state index contributed by atoms with van der Waals surface area (Å²) in [5.74, 6) is -0.818. The number of rotatable bonds is 3. The smallest absolute Gasteiger partial charge is 0.339 e. The average Bonchev–Trinajstić information content (AvgIpc) is 2.70. The Hall–Kier alpha value is -3.67. The molecule has 0 aliphatic carbocycles. The van der Waals surface area contributed by atoms with Crippen molar-refractivity contribution in [1.29, 1.82) is 0 Å². The second-order valence-corrected chi connectivity index (χ2v) is 6.26. The zero-order valence-electron chi connectivity index (χ0n) is 14.3. The fourth-order valence-electron chi connectivity index (χ4n) is 3.10. The molecule has 4 rings (SSSR count). The first-order valence-corrected chi connectivity index (χ1v) is 8.49. The summed E-state index contributed by atoms with van der Waals surface area (Å²) in [4.78, 5) is 39.4. The van der Waals surface area contributed by atoms with Gasteiger partial charge >= 0.3 is 5.97 Å². The highest BCUT2D eigenvalue weighted by atomic mass is 16.5. The summed E-state index contributed by atoms with van der Waals surface area (Å²) < 4.78 is 5.53. The van der Waals surface area contributed by atoms with Crippen LogP contribution in [-0.2, 0) is 11.2 Å². The van der Waals surface area contributed by atoms with Crippen molar-refractivity contribution in [3.63, 3.8) is 0 Å². The molecule has 6 nitrogen and oxygen atoms in total. The monoisotopic (exact) mass is 360 g/mol. The molecule has 1 aliphatic heterocycles. The van der Waals surface area contributed by atoms with Gasteiger partial charge in [0.2, 0.25) is 5.43 Å². The number of amides is 1. The predicted molar refractivity (Wildman–Crippen MR) is 99.8 cm³/mol. The fourth-order valence-corrected chi connectivity index (χ4v) is 3.10. The fraction of sp³-hybridized carbons (Fsp3) is 0.0952. The topological polar surface area (TPSA) is 88.3 Å². The maximum atomic E-state index is 12.5. The molecule has 1 atom stereocenters. The molecule has 6 heteroatoms. The number of carbonyl (C=O) groups is 2. The quantitative estimate of drug-likeness (QED) is 0.703. The Morgan fingerprint density at radius 1 is 1.07 bits per heavy atom. The van der Waals surface area contributed by atoms with Crippen LogP contribution in [0.4, 0.5) is 5.69 Å². The highest BCUT2D eigenvalue weighted by molar-refractivity contribution is 6.05. The van der Waals surface area contributed by atoms with Gasteiger partial charge in [-0.3, -0.25) is 9.59 Å². The number of anilines is 1. The maximum absolute atomic E-state index is 12.5. The van der Waals surface area contributed by atoms with E-state index in [0.717, 1.165) is 11.1 Å². The Balaban J connectivity index is 1.61. The molecule has 27 heavy (non-hydrogen) atoms. The molecular weight excluding hydrogens is 344 g/mol. The Morgan fingerprint density at radius 2 is 1.89 bits per heavy atom. The van der Waals surface area contributed by atoms with E-state index in [4.69, 9.17) is 4.74 Å². The highest BCUT2D eigenvalue weighted by Crippen LogP contribution is 2.31. The average molecular weight is 360 g/mol. The molecule has 2 heterocycles. The summed E-state index contributed by atoms with van der Waals surface area (Å²) in [6, 6.07) is 15.6. The van der Waals surface area contributed by atoms with Crippen molar-refractivity contribution < 1.29 is 14.3 Å². The van der Waals surface area contributed by atoms with Crippen molar-refractivity contribution >= 4 is 17.6 Å². The van der Waals surface area contributed by atoms with Gasteiger partial charge in [-0.25, -0.2) is 4.79 Å². The Kier molecular flexibility index (Phi) is 4.30. The number of hydrogen-bond acceptors (Lipinski definition) is 4. The van der Waals surface area contributed by atoms with Crippen LogP contribution in [0.25, 0.3) is 0 Å². The Morgan fingerprint density at radius 3 is 2.67 bits per heavy atom. The molecule has 1 aromatic heterocycles.